The van der Waals surface area contributed by atoms with Crippen LogP contribution in [0, 0.1) is 0 Å². The van der Waals surface area contributed by atoms with Crippen molar-refractivity contribution in [2.24, 2.45) is 5.84 Å². The Morgan fingerprint density at radius 1 is 1.11 bits per heavy atom. The third kappa shape index (κ3) is 4.65. The largest absolute Gasteiger partial charge is 0.491 e. The molecule has 1 fully saturated rings. The first kappa shape index (κ1) is 19.8. The van der Waals surface area contributed by atoms with E-state index in [2.05, 4.69) is 10.6 Å². The van der Waals surface area contributed by atoms with Crippen molar-refractivity contribution >= 4 is 29.4 Å². The molecule has 8 nitrogen and oxygen atoms in total. The minimum absolute atomic E-state index is 0.0628. The number of carbonyl (C=O) groups excluding carboxylic acids is 2. The Kier molecular flexibility index (Phi) is 5.91. The number of ether oxygens (including phenoxy) is 1. The molecule has 1 atom stereocenters. The third-order valence-corrected chi connectivity index (χ3v) is 4.31. The molecule has 0 radical (unpaired) electrons. The molecule has 148 valence electrons. The Labute approximate surface area is 168 Å². The lowest BCUT2D eigenvalue weighted by Gasteiger charge is -2.41. The second-order valence-electron chi connectivity index (χ2n) is 6.61. The minimum Gasteiger partial charge on any atom is -0.491 e. The number of imide groups is 1. The highest BCUT2D eigenvalue weighted by Crippen LogP contribution is 2.21. The number of hydrazine groups is 1. The number of rotatable bonds is 6. The minimum atomic E-state index is -0.867. The smallest absolute Gasteiger partial charge is 0.343 e. The number of nitrogens with two attached hydrogens (primary N) is 1. The fourth-order valence-electron chi connectivity index (χ4n) is 2.74. The van der Waals surface area contributed by atoms with Crippen LogP contribution in [0.3, 0.4) is 0 Å². The van der Waals surface area contributed by atoms with Crippen molar-refractivity contribution in [2.75, 3.05) is 5.32 Å². The van der Waals surface area contributed by atoms with E-state index in [1.165, 1.54) is 4.90 Å². The van der Waals surface area contributed by atoms with Gasteiger partial charge < -0.3 is 10.1 Å². The molecule has 1 aliphatic heterocycles. The fraction of sp³-hybridized carbons (Fsp3) is 0.263. The number of hydrogen-bond donors (Lipinski definition) is 3. The van der Waals surface area contributed by atoms with Gasteiger partial charge in [-0.2, -0.15) is 0 Å². The molecular formula is C19H22ClN5O3. The summed E-state index contributed by atoms with van der Waals surface area (Å²) in [4.78, 5) is 25.8. The Morgan fingerprint density at radius 2 is 1.75 bits per heavy atom. The van der Waals surface area contributed by atoms with Gasteiger partial charge in [-0.25, -0.2) is 20.4 Å². The molecule has 0 aromatic heterocycles. The van der Waals surface area contributed by atoms with E-state index in [9.17, 15) is 9.59 Å². The molecule has 0 aliphatic carbocycles. The first-order valence-electron chi connectivity index (χ1n) is 8.76. The Balaban J connectivity index is 1.80. The second kappa shape index (κ2) is 8.37. The summed E-state index contributed by atoms with van der Waals surface area (Å²) in [6, 6.07) is 13.1. The molecular weight excluding hydrogens is 382 g/mol. The van der Waals surface area contributed by atoms with Gasteiger partial charge in [0.15, 0.2) is 0 Å². The van der Waals surface area contributed by atoms with Crippen LogP contribution in [0.15, 0.2) is 48.5 Å². The fourth-order valence-corrected chi connectivity index (χ4v) is 2.87. The number of halogens is 1. The van der Waals surface area contributed by atoms with Crippen LogP contribution >= 0.6 is 11.6 Å². The number of benzene rings is 2. The predicted octanol–water partition coefficient (Wildman–Crippen LogP) is 3.34. The number of nitrogens with one attached hydrogen (secondary N) is 2. The lowest BCUT2D eigenvalue weighted by Crippen LogP contribution is -2.69. The topological polar surface area (TPSA) is 99.9 Å². The van der Waals surface area contributed by atoms with Crippen LogP contribution in [0.25, 0.3) is 0 Å². The molecule has 1 heterocycles. The molecule has 0 saturated carbocycles. The van der Waals surface area contributed by atoms with E-state index >= 15 is 0 Å². The highest BCUT2D eigenvalue weighted by Gasteiger charge is 2.37. The zero-order chi connectivity index (χ0) is 20.3. The second-order valence-corrected chi connectivity index (χ2v) is 7.04. The number of amides is 4. The zero-order valence-corrected chi connectivity index (χ0v) is 16.3. The normalized spacial score (nSPS) is 17.0. The Hall–Kier alpha value is -2.97. The third-order valence-electron chi connectivity index (χ3n) is 4.06. The van der Waals surface area contributed by atoms with Gasteiger partial charge in [0.05, 0.1) is 12.6 Å². The molecule has 4 amide bonds. The van der Waals surface area contributed by atoms with Gasteiger partial charge in [0.2, 0.25) is 6.29 Å². The summed E-state index contributed by atoms with van der Waals surface area (Å²) in [5.41, 5.74) is 1.52. The van der Waals surface area contributed by atoms with Gasteiger partial charge in [-0.15, -0.1) is 0 Å². The first-order valence-corrected chi connectivity index (χ1v) is 9.14. The average Bonchev–Trinajstić information content (AvgIpc) is 2.65. The van der Waals surface area contributed by atoms with E-state index in [-0.39, 0.29) is 12.6 Å². The van der Waals surface area contributed by atoms with E-state index in [4.69, 9.17) is 22.2 Å². The maximum absolute atomic E-state index is 12.4. The number of anilines is 1. The average molecular weight is 404 g/mol. The van der Waals surface area contributed by atoms with E-state index in [0.717, 1.165) is 16.3 Å². The van der Waals surface area contributed by atoms with Gasteiger partial charge in [0.1, 0.15) is 5.75 Å². The summed E-state index contributed by atoms with van der Waals surface area (Å²) in [7, 11) is 0. The molecule has 3 rings (SSSR count). The molecule has 4 N–H and O–H groups in total. The van der Waals surface area contributed by atoms with Gasteiger partial charge in [0.25, 0.3) is 0 Å². The molecule has 9 heteroatoms. The molecule has 0 bridgehead atoms. The summed E-state index contributed by atoms with van der Waals surface area (Å²) in [5, 5.41) is 6.88. The summed E-state index contributed by atoms with van der Waals surface area (Å²) < 4.78 is 5.62. The number of nitrogens with zero attached hydrogens (tertiary/aromatic N) is 2. The number of urea groups is 2. The van der Waals surface area contributed by atoms with Crippen molar-refractivity contribution < 1.29 is 14.3 Å². The maximum Gasteiger partial charge on any atom is 0.343 e. The van der Waals surface area contributed by atoms with E-state index < -0.39 is 18.4 Å². The van der Waals surface area contributed by atoms with Crippen molar-refractivity contribution in [3.8, 4) is 5.75 Å². The van der Waals surface area contributed by atoms with Crippen LogP contribution in [-0.4, -0.2) is 34.4 Å². The van der Waals surface area contributed by atoms with Gasteiger partial charge in [-0.3, -0.25) is 10.2 Å². The number of hydrogen-bond acceptors (Lipinski definition) is 5. The Bertz CT molecular complexity index is 842. The quantitative estimate of drug-likeness (QED) is 0.507. The zero-order valence-electron chi connectivity index (χ0n) is 15.6. The van der Waals surface area contributed by atoms with Crippen LogP contribution in [0.4, 0.5) is 15.3 Å². The summed E-state index contributed by atoms with van der Waals surface area (Å²) in [6.45, 7) is 4.12. The molecule has 1 aliphatic rings. The van der Waals surface area contributed by atoms with Crippen molar-refractivity contribution in [1.29, 1.82) is 0 Å². The lowest BCUT2D eigenvalue weighted by molar-refractivity contribution is 0.0757. The molecule has 1 saturated heterocycles. The molecule has 28 heavy (non-hydrogen) atoms. The first-order chi connectivity index (χ1) is 13.3. The molecule has 2 aromatic rings. The van der Waals surface area contributed by atoms with Crippen LogP contribution < -0.4 is 21.2 Å². The van der Waals surface area contributed by atoms with Crippen LogP contribution in [0.2, 0.25) is 5.02 Å². The summed E-state index contributed by atoms with van der Waals surface area (Å²) >= 11 is 5.92. The van der Waals surface area contributed by atoms with Crippen LogP contribution in [0.5, 0.6) is 5.75 Å². The van der Waals surface area contributed by atoms with Gasteiger partial charge in [-0.05, 0) is 55.8 Å². The van der Waals surface area contributed by atoms with Crippen molar-refractivity contribution in [1.82, 2.24) is 15.2 Å². The Morgan fingerprint density at radius 3 is 2.36 bits per heavy atom. The van der Waals surface area contributed by atoms with Crippen LogP contribution in [-0.2, 0) is 6.54 Å². The highest BCUT2D eigenvalue weighted by atomic mass is 35.5. The monoisotopic (exact) mass is 403 g/mol. The maximum atomic E-state index is 12.4. The van der Waals surface area contributed by atoms with Gasteiger partial charge in [0, 0.05) is 10.7 Å². The van der Waals surface area contributed by atoms with Crippen molar-refractivity contribution in [3.05, 3.63) is 59.1 Å². The number of carbonyl (C=O) groups is 2. The van der Waals surface area contributed by atoms with Crippen molar-refractivity contribution in [2.45, 2.75) is 32.8 Å². The summed E-state index contributed by atoms with van der Waals surface area (Å²) in [6.07, 6.45) is -0.804. The molecule has 1 unspecified atom stereocenters. The SMILES string of the molecule is CC(C)Oc1ccc(NC2N(N)C(=O)NC(=O)N2Cc2ccc(Cl)cc2)cc1. The summed E-state index contributed by atoms with van der Waals surface area (Å²) in [5.74, 6) is 6.64. The van der Waals surface area contributed by atoms with Crippen LogP contribution in [0.1, 0.15) is 19.4 Å². The standard InChI is InChI=1S/C19H22ClN5O3/c1-12(2)28-16-9-7-15(8-10-16)22-17-24(18(26)23-19(27)25(17)21)11-13-3-5-14(20)6-4-13/h3-10,12,17,22H,11,21H2,1-2H3,(H,23,26,27). The lowest BCUT2D eigenvalue weighted by atomic mass is 10.2. The molecule has 0 spiro atoms. The van der Waals surface area contributed by atoms with E-state index in [1.807, 2.05) is 26.0 Å². The van der Waals surface area contributed by atoms with Gasteiger partial charge >= 0.3 is 12.1 Å². The predicted molar refractivity (Wildman–Crippen MR) is 107 cm³/mol. The van der Waals surface area contributed by atoms with E-state index in [0.29, 0.717) is 10.7 Å². The van der Waals surface area contributed by atoms with Gasteiger partial charge in [-0.1, -0.05) is 23.7 Å². The highest BCUT2D eigenvalue weighted by molar-refractivity contribution is 6.30. The molecule has 2 aromatic carbocycles. The van der Waals surface area contributed by atoms with E-state index in [1.54, 1.807) is 36.4 Å². The van der Waals surface area contributed by atoms with Crippen molar-refractivity contribution in [3.63, 3.8) is 0 Å².